The Bertz CT molecular complexity index is 1280. The van der Waals surface area contributed by atoms with Gasteiger partial charge in [0.2, 0.25) is 0 Å². The molecule has 4 rings (SSSR count). The lowest BCUT2D eigenvalue weighted by Crippen LogP contribution is -2.13. The van der Waals surface area contributed by atoms with Crippen LogP contribution < -0.4 is 15.4 Å². The Morgan fingerprint density at radius 3 is 2.16 bits per heavy atom. The topological polar surface area (TPSA) is 109 Å². The van der Waals surface area contributed by atoms with Crippen molar-refractivity contribution in [3.63, 3.8) is 0 Å². The summed E-state index contributed by atoms with van der Waals surface area (Å²) in [7, 11) is -3.89. The molecule has 0 aliphatic heterocycles. The number of rotatable bonds is 7. The van der Waals surface area contributed by atoms with Gasteiger partial charge in [-0.1, -0.05) is 12.1 Å². The van der Waals surface area contributed by atoms with Crippen LogP contribution in [0.2, 0.25) is 0 Å². The number of hydrogen-bond donors (Lipinski definition) is 3. The molecule has 156 valence electrons. The summed E-state index contributed by atoms with van der Waals surface area (Å²) < 4.78 is 40.5. The quantitative estimate of drug-likeness (QED) is 0.396. The Kier molecular flexibility index (Phi) is 5.72. The summed E-state index contributed by atoms with van der Waals surface area (Å²) in [6.07, 6.45) is 3.09. The summed E-state index contributed by atoms with van der Waals surface area (Å²) in [5.41, 5.74) is 1.03. The van der Waals surface area contributed by atoms with Gasteiger partial charge in [0, 0.05) is 23.6 Å². The van der Waals surface area contributed by atoms with Gasteiger partial charge in [0.05, 0.1) is 4.90 Å². The minimum Gasteiger partial charge on any atom is -0.340 e. The maximum Gasteiger partial charge on any atom is 0.261 e. The molecular formula is C21H17FN6O2S. The Labute approximate surface area is 178 Å². The van der Waals surface area contributed by atoms with Gasteiger partial charge in [-0.3, -0.25) is 4.72 Å². The molecule has 0 fully saturated rings. The van der Waals surface area contributed by atoms with Gasteiger partial charge in [0.25, 0.3) is 10.0 Å². The molecule has 2 aromatic carbocycles. The number of nitrogens with zero attached hydrogens (tertiary/aromatic N) is 3. The van der Waals surface area contributed by atoms with Gasteiger partial charge in [0.1, 0.15) is 29.6 Å². The first kappa shape index (κ1) is 20.2. The zero-order valence-electron chi connectivity index (χ0n) is 16.0. The molecule has 0 spiro atoms. The van der Waals surface area contributed by atoms with Crippen molar-refractivity contribution in [1.82, 2.24) is 15.0 Å². The molecule has 0 atom stereocenters. The Morgan fingerprint density at radius 2 is 1.45 bits per heavy atom. The number of hydrogen-bond acceptors (Lipinski definition) is 7. The van der Waals surface area contributed by atoms with Crippen LogP contribution in [-0.2, 0) is 10.0 Å². The highest BCUT2D eigenvalue weighted by Crippen LogP contribution is 2.22. The Morgan fingerprint density at radius 1 is 0.710 bits per heavy atom. The summed E-state index contributed by atoms with van der Waals surface area (Å²) in [4.78, 5) is 12.4. The third-order valence-electron chi connectivity index (χ3n) is 4.10. The highest BCUT2D eigenvalue weighted by atomic mass is 32.2. The molecule has 4 aromatic rings. The zero-order valence-corrected chi connectivity index (χ0v) is 16.8. The van der Waals surface area contributed by atoms with Crippen molar-refractivity contribution in [2.75, 3.05) is 15.4 Å². The van der Waals surface area contributed by atoms with E-state index in [1.54, 1.807) is 36.5 Å². The number of nitrogens with one attached hydrogen (secondary N) is 3. The van der Waals surface area contributed by atoms with Crippen LogP contribution in [0.25, 0.3) is 0 Å². The van der Waals surface area contributed by atoms with Crippen LogP contribution in [0.5, 0.6) is 0 Å². The first-order valence-electron chi connectivity index (χ1n) is 9.13. The Hall–Kier alpha value is -4.05. The first-order valence-corrected chi connectivity index (χ1v) is 10.6. The fourth-order valence-electron chi connectivity index (χ4n) is 2.68. The van der Waals surface area contributed by atoms with Crippen LogP contribution in [0.1, 0.15) is 0 Å². The largest absolute Gasteiger partial charge is 0.340 e. The lowest BCUT2D eigenvalue weighted by atomic mass is 10.3. The monoisotopic (exact) mass is 436 g/mol. The van der Waals surface area contributed by atoms with Crippen molar-refractivity contribution in [3.8, 4) is 0 Å². The van der Waals surface area contributed by atoms with E-state index in [1.165, 1.54) is 24.5 Å². The van der Waals surface area contributed by atoms with E-state index < -0.39 is 15.8 Å². The van der Waals surface area contributed by atoms with E-state index in [1.807, 2.05) is 18.2 Å². The molecular weight excluding hydrogens is 419 g/mol. The third-order valence-corrected chi connectivity index (χ3v) is 5.48. The number of sulfonamides is 1. The van der Waals surface area contributed by atoms with Crippen LogP contribution >= 0.6 is 0 Å². The molecule has 8 nitrogen and oxygen atoms in total. The zero-order chi connectivity index (χ0) is 21.7. The molecule has 2 heterocycles. The van der Waals surface area contributed by atoms with Crippen LogP contribution in [0, 0.1) is 5.82 Å². The molecule has 3 N–H and O–H groups in total. The number of halogens is 1. The average Bonchev–Trinajstić information content (AvgIpc) is 2.76. The standard InChI is InChI=1S/C21H17FN6O2S/c22-15-4-3-5-18(12-15)31(29,30)28-17-9-7-16(8-10-17)26-20-13-21(25-14-24-20)27-19-6-1-2-11-23-19/h1-14,28H,(H2,23,24,25,26,27). The van der Waals surface area contributed by atoms with E-state index in [-0.39, 0.29) is 4.90 Å². The fraction of sp³-hybridized carbons (Fsp3) is 0. The molecule has 0 aliphatic carbocycles. The second kappa shape index (κ2) is 8.76. The van der Waals surface area contributed by atoms with Gasteiger partial charge in [-0.05, 0) is 54.6 Å². The number of anilines is 5. The van der Waals surface area contributed by atoms with Gasteiger partial charge in [-0.15, -0.1) is 0 Å². The number of aromatic nitrogens is 3. The number of pyridine rings is 1. The summed E-state index contributed by atoms with van der Waals surface area (Å²) in [6, 6.07) is 18.6. The van der Waals surface area contributed by atoms with E-state index in [9.17, 15) is 12.8 Å². The van der Waals surface area contributed by atoms with Crippen molar-refractivity contribution in [2.24, 2.45) is 0 Å². The lowest BCUT2D eigenvalue weighted by Gasteiger charge is -2.10. The molecule has 2 aromatic heterocycles. The normalized spacial score (nSPS) is 11.0. The minimum atomic E-state index is -3.89. The smallest absolute Gasteiger partial charge is 0.261 e. The summed E-state index contributed by atoms with van der Waals surface area (Å²) in [5, 5.41) is 6.20. The van der Waals surface area contributed by atoms with Crippen molar-refractivity contribution < 1.29 is 12.8 Å². The maximum absolute atomic E-state index is 13.3. The molecule has 0 saturated heterocycles. The molecule has 0 saturated carbocycles. The molecule has 0 radical (unpaired) electrons. The Balaban J connectivity index is 1.44. The van der Waals surface area contributed by atoms with Gasteiger partial charge in [-0.25, -0.2) is 27.8 Å². The second-order valence-electron chi connectivity index (χ2n) is 6.39. The maximum atomic E-state index is 13.3. The highest BCUT2D eigenvalue weighted by molar-refractivity contribution is 7.92. The fourth-order valence-corrected chi connectivity index (χ4v) is 3.77. The highest BCUT2D eigenvalue weighted by Gasteiger charge is 2.14. The van der Waals surface area contributed by atoms with Crippen LogP contribution in [-0.4, -0.2) is 23.4 Å². The molecule has 0 unspecified atom stereocenters. The predicted molar refractivity (Wildman–Crippen MR) is 116 cm³/mol. The van der Waals surface area contributed by atoms with Crippen LogP contribution in [0.15, 0.2) is 90.2 Å². The lowest BCUT2D eigenvalue weighted by molar-refractivity contribution is 0.595. The summed E-state index contributed by atoms with van der Waals surface area (Å²) in [5.74, 6) is 1.14. The second-order valence-corrected chi connectivity index (χ2v) is 8.08. The van der Waals surface area contributed by atoms with Gasteiger partial charge >= 0.3 is 0 Å². The van der Waals surface area contributed by atoms with E-state index >= 15 is 0 Å². The van der Waals surface area contributed by atoms with Crippen LogP contribution in [0.4, 0.5) is 33.2 Å². The summed E-state index contributed by atoms with van der Waals surface area (Å²) in [6.45, 7) is 0. The van der Waals surface area contributed by atoms with Crippen molar-refractivity contribution >= 4 is 38.9 Å². The van der Waals surface area contributed by atoms with E-state index in [0.29, 0.717) is 28.8 Å². The molecule has 10 heteroatoms. The molecule has 0 aliphatic rings. The average molecular weight is 436 g/mol. The number of benzene rings is 2. The SMILES string of the molecule is O=S(=O)(Nc1ccc(Nc2cc(Nc3ccccn3)ncn2)cc1)c1cccc(F)c1. The van der Waals surface area contributed by atoms with Crippen LogP contribution in [0.3, 0.4) is 0 Å². The van der Waals surface area contributed by atoms with Crippen molar-refractivity contribution in [2.45, 2.75) is 4.90 Å². The van der Waals surface area contributed by atoms with Crippen molar-refractivity contribution in [3.05, 3.63) is 91.1 Å². The van der Waals surface area contributed by atoms with Crippen molar-refractivity contribution in [1.29, 1.82) is 0 Å². The van der Waals surface area contributed by atoms with E-state index in [2.05, 4.69) is 30.3 Å². The molecule has 31 heavy (non-hydrogen) atoms. The van der Waals surface area contributed by atoms with Gasteiger partial charge in [0.15, 0.2) is 0 Å². The summed E-state index contributed by atoms with van der Waals surface area (Å²) >= 11 is 0. The van der Waals surface area contributed by atoms with E-state index in [0.717, 1.165) is 6.07 Å². The van der Waals surface area contributed by atoms with E-state index in [4.69, 9.17) is 0 Å². The molecule has 0 amide bonds. The van der Waals surface area contributed by atoms with Gasteiger partial charge in [-0.2, -0.15) is 0 Å². The first-order chi connectivity index (χ1) is 15.0. The molecule has 0 bridgehead atoms. The van der Waals surface area contributed by atoms with Gasteiger partial charge < -0.3 is 10.6 Å². The predicted octanol–water partition coefficient (Wildman–Crippen LogP) is 4.30. The minimum absolute atomic E-state index is 0.149. The third kappa shape index (κ3) is 5.31.